The minimum atomic E-state index is -8.55. The second kappa shape index (κ2) is 17.0. The number of halogens is 7. The van der Waals surface area contributed by atoms with E-state index in [0.717, 1.165) is 11.8 Å². The summed E-state index contributed by atoms with van der Waals surface area (Å²) in [5, 5.41) is 9.34. The van der Waals surface area contributed by atoms with Gasteiger partial charge in [-0.25, -0.2) is 8.42 Å². The second-order valence-corrected chi connectivity index (χ2v) is 17.2. The molecular formula is C36H34ClF6N4O5PS. The van der Waals surface area contributed by atoms with Crippen LogP contribution in [0.15, 0.2) is 97.1 Å². The molecule has 0 unspecified atom stereocenters. The van der Waals surface area contributed by atoms with Crippen molar-refractivity contribution in [3.05, 3.63) is 130 Å². The fourth-order valence-electron chi connectivity index (χ4n) is 4.61. The number of benzene rings is 4. The third kappa shape index (κ3) is 13.7. The Bertz CT molecular complexity index is 2220. The van der Waals surface area contributed by atoms with E-state index in [2.05, 4.69) is 63.4 Å². The molecule has 9 nitrogen and oxygen atoms in total. The van der Waals surface area contributed by atoms with Crippen molar-refractivity contribution in [1.82, 2.24) is 0 Å². The number of carbonyl (C=O) groups excluding carboxylic acids is 1. The number of allylic oxidation sites excluding steroid dienone is 1. The molecule has 1 aliphatic carbocycles. The van der Waals surface area contributed by atoms with Crippen molar-refractivity contribution in [2.24, 2.45) is 0 Å². The van der Waals surface area contributed by atoms with Gasteiger partial charge in [-0.15, -0.1) is 0 Å². The predicted molar refractivity (Wildman–Crippen MR) is 196 cm³/mol. The molecule has 0 N–H and O–H groups in total. The Morgan fingerprint density at radius 3 is 1.56 bits per heavy atom. The molecule has 0 radical (unpaired) electrons. The van der Waals surface area contributed by atoms with Gasteiger partial charge in [0.2, 0.25) is 11.1 Å². The first-order valence-corrected chi connectivity index (χ1v) is 19.4. The van der Waals surface area contributed by atoms with Crippen molar-refractivity contribution >= 4 is 50.0 Å². The van der Waals surface area contributed by atoms with Crippen LogP contribution in [0.3, 0.4) is 0 Å². The van der Waals surface area contributed by atoms with E-state index in [0.29, 0.717) is 22.9 Å². The number of rotatable bonds is 5. The molecular weight excluding hydrogens is 781 g/mol. The Labute approximate surface area is 312 Å². The van der Waals surface area contributed by atoms with Crippen LogP contribution in [0.2, 0.25) is 0 Å². The van der Waals surface area contributed by atoms with E-state index in [9.17, 15) is 39.6 Å². The van der Waals surface area contributed by atoms with Gasteiger partial charge in [0, 0.05) is 33.9 Å². The van der Waals surface area contributed by atoms with Gasteiger partial charge in [0.15, 0.2) is 4.98 Å². The summed E-state index contributed by atoms with van der Waals surface area (Å²) in [5.41, 5.74) is 11.6. The third-order valence-electron chi connectivity index (χ3n) is 7.25. The Kier molecular flexibility index (Phi) is 14.2. The topological polar surface area (TPSA) is 134 Å². The Balaban J connectivity index is 0.000000353. The molecule has 0 spiro atoms. The van der Waals surface area contributed by atoms with Crippen LogP contribution in [0.25, 0.3) is 15.4 Å². The maximum absolute atomic E-state index is 11.7. The van der Waals surface area contributed by atoms with Gasteiger partial charge in [-0.1, -0.05) is 90.1 Å². The number of diazo groups is 1. The van der Waals surface area contributed by atoms with Gasteiger partial charge >= 0.3 is 40.5 Å². The quantitative estimate of drug-likeness (QED) is 0.0492. The maximum Gasteiger partial charge on any atom is 0.364 e. The zero-order valence-electron chi connectivity index (χ0n) is 29.6. The van der Waals surface area contributed by atoms with Crippen molar-refractivity contribution in [1.29, 1.82) is 5.39 Å². The van der Waals surface area contributed by atoms with Crippen molar-refractivity contribution < 1.29 is 53.2 Å². The normalized spacial score (nSPS) is 13.3. The molecule has 0 aliphatic heterocycles. The largest absolute Gasteiger partial charge is 1.00 e. The summed E-state index contributed by atoms with van der Waals surface area (Å²) >= 11 is 0. The summed E-state index contributed by atoms with van der Waals surface area (Å²) in [6.07, 6.45) is 0.951. The number of hydrogen-bond acceptors (Lipinski definition) is 6. The van der Waals surface area contributed by atoms with Crippen LogP contribution >= 0.6 is 18.8 Å². The summed E-state index contributed by atoms with van der Waals surface area (Å²) in [6.45, 7) is 13.0. The molecule has 4 aromatic carbocycles. The van der Waals surface area contributed by atoms with E-state index in [1.165, 1.54) is 23.3 Å². The molecule has 0 saturated heterocycles. The number of Topliss-reactive ketones (excluding diaryl/α,β-unsaturated/α-hetero) is 1. The fraction of sp³-hybridized carbons (Fsp3) is 0.222. The van der Waals surface area contributed by atoms with Crippen LogP contribution in [0, 0.1) is 5.39 Å². The van der Waals surface area contributed by atoms with E-state index in [1.807, 2.05) is 36.4 Å². The second-order valence-electron chi connectivity index (χ2n) is 13.4. The average Bonchev–Trinajstić information content (AvgIpc) is 3.03. The minimum absolute atomic E-state index is 0. The molecule has 0 bridgehead atoms. The van der Waals surface area contributed by atoms with Gasteiger partial charge in [-0.2, -0.15) is 4.79 Å². The monoisotopic (exact) mass is 814 g/mol. The van der Waals surface area contributed by atoms with Gasteiger partial charge in [0.1, 0.15) is 17.2 Å². The number of carbonyl (C=O) groups is 1. The van der Waals surface area contributed by atoms with Crippen LogP contribution in [0.5, 0.6) is 23.0 Å². The molecule has 0 fully saturated rings. The van der Waals surface area contributed by atoms with Crippen LogP contribution < -0.4 is 14.2 Å². The summed E-state index contributed by atoms with van der Waals surface area (Å²) in [6, 6.07) is 27.2. The number of ketones is 1. The Morgan fingerprint density at radius 2 is 1.15 bits per heavy atom. The van der Waals surface area contributed by atoms with Gasteiger partial charge in [-0.05, 0) is 52.3 Å². The van der Waals surface area contributed by atoms with Crippen LogP contribution in [-0.2, 0) is 19.9 Å². The number of fused-ring (bicyclic) bond motifs is 1. The van der Waals surface area contributed by atoms with E-state index in [-0.39, 0.29) is 37.3 Å². The van der Waals surface area contributed by atoms with Gasteiger partial charge in [0.05, 0.1) is 11.0 Å². The minimum Gasteiger partial charge on any atom is -1.00 e. The zero-order valence-corrected chi connectivity index (χ0v) is 32.0. The van der Waals surface area contributed by atoms with Gasteiger partial charge < -0.3 is 19.7 Å². The molecule has 1 aliphatic rings. The molecule has 5 rings (SSSR count). The molecule has 0 heterocycles. The molecule has 18 heteroatoms. The predicted octanol–water partition coefficient (Wildman–Crippen LogP) is 9.78. The van der Waals surface area contributed by atoms with Gasteiger partial charge in [-0.3, -0.25) is 4.79 Å². The Hall–Kier alpha value is -5.06. The van der Waals surface area contributed by atoms with E-state index >= 15 is 0 Å². The SMILES string of the molecule is CC(C)(C)c1ccc(Oc2ccc([N+]#N)c(Oc3ccc(C(C)(C)C)cc3)c2)cc1.FP(F)(F)(F)F.[F-].[N-]=[N+]=C1C=C(S(=O)(=O)Cl)c2ccccc2C1=O. The van der Waals surface area contributed by atoms with Crippen molar-refractivity contribution in [2.75, 3.05) is 0 Å². The summed E-state index contributed by atoms with van der Waals surface area (Å²) in [5.74, 6) is 1.88. The molecule has 0 aromatic heterocycles. The van der Waals surface area contributed by atoms with E-state index in [1.54, 1.807) is 30.3 Å². The van der Waals surface area contributed by atoms with Gasteiger partial charge in [0.25, 0.3) is 14.8 Å². The molecule has 0 amide bonds. The maximum atomic E-state index is 11.7. The van der Waals surface area contributed by atoms with Crippen molar-refractivity contribution in [3.63, 3.8) is 0 Å². The standard InChI is InChI=1S/C26H29N2O2.C10H5ClN2O3S.F5P.FH/c1-25(2,3)18-7-11-20(12-8-18)29-22-15-16-23(28-27)24(17-22)30-21-13-9-19(10-14-21)26(4,5)6;11-17(15,16)9-5-8(13-12)10(14)7-4-2-1-3-6(7)9;1-6(2,3,4)5;/h7-17H,1-6H3;1-5H;;1H/q+1;;;/p-1. The third-order valence-corrected chi connectivity index (χ3v) is 8.61. The fourth-order valence-corrected chi connectivity index (χ4v) is 5.68. The first-order valence-electron chi connectivity index (χ1n) is 15.4. The van der Waals surface area contributed by atoms with E-state index in [4.69, 9.17) is 25.7 Å². The summed E-state index contributed by atoms with van der Waals surface area (Å²) < 4.78 is 83.9. The summed E-state index contributed by atoms with van der Waals surface area (Å²) in [7, 11) is -7.30. The Morgan fingerprint density at radius 1 is 0.722 bits per heavy atom. The first-order chi connectivity index (χ1) is 24.2. The average molecular weight is 815 g/mol. The summed E-state index contributed by atoms with van der Waals surface area (Å²) in [4.78, 5) is 17.6. The molecule has 4 aromatic rings. The molecule has 0 saturated carbocycles. The van der Waals surface area contributed by atoms with Crippen LogP contribution in [0.4, 0.5) is 26.7 Å². The van der Waals surface area contributed by atoms with Crippen LogP contribution in [-0.4, -0.2) is 24.7 Å². The number of nitrogens with zero attached hydrogens (tertiary/aromatic N) is 4. The number of hydrogen-bond donors (Lipinski definition) is 0. The molecule has 0 atom stereocenters. The van der Waals surface area contributed by atoms with Crippen molar-refractivity contribution in [2.45, 2.75) is 52.4 Å². The zero-order chi connectivity index (χ0) is 40.0. The first kappa shape index (κ1) is 45.1. The molecule has 288 valence electrons. The van der Waals surface area contributed by atoms with Crippen molar-refractivity contribution in [3.8, 4) is 23.0 Å². The smallest absolute Gasteiger partial charge is 0.364 e. The van der Waals surface area contributed by atoms with Crippen LogP contribution in [0.1, 0.15) is 68.6 Å². The van der Waals surface area contributed by atoms with E-state index < -0.39 is 23.0 Å². The molecule has 54 heavy (non-hydrogen) atoms. The number of ether oxygens (including phenoxy) is 2.